The van der Waals surface area contributed by atoms with Crippen molar-refractivity contribution in [2.75, 3.05) is 12.3 Å². The fraction of sp³-hybridized carbons (Fsp3) is 0.435. The first kappa shape index (κ1) is 23.0. The number of nitrogens with two attached hydrogens (primary N) is 1. The van der Waals surface area contributed by atoms with Crippen LogP contribution in [0, 0.1) is 24.1 Å². The minimum atomic E-state index is -2.79. The number of carbonyl (C=O) groups excluding carboxylic acids is 1. The summed E-state index contributed by atoms with van der Waals surface area (Å²) in [5.74, 6) is -0.709. The van der Waals surface area contributed by atoms with Crippen molar-refractivity contribution in [1.82, 2.24) is 9.97 Å². The predicted octanol–water partition coefficient (Wildman–Crippen LogP) is 2.83. The normalized spacial score (nSPS) is 28.8. The van der Waals surface area contributed by atoms with Crippen LogP contribution in [0.1, 0.15) is 59.7 Å². The third kappa shape index (κ3) is 3.80. The van der Waals surface area contributed by atoms with Gasteiger partial charge >= 0.3 is 0 Å². The first-order chi connectivity index (χ1) is 15.5. The molecule has 2 N–H and O–H groups in total. The molecule has 4 heterocycles. The molecular weight excluding hydrogens is 443 g/mol. The number of halogens is 1. The van der Waals surface area contributed by atoms with Crippen molar-refractivity contribution in [2.24, 2.45) is 15.1 Å². The van der Waals surface area contributed by atoms with Gasteiger partial charge in [-0.3, -0.25) is 19.8 Å². The van der Waals surface area contributed by atoms with Crippen LogP contribution in [0.2, 0.25) is 0 Å². The highest BCUT2D eigenvalue weighted by Gasteiger charge is 2.51. The lowest BCUT2D eigenvalue weighted by Crippen LogP contribution is -2.57. The molecule has 2 aliphatic rings. The number of nitriles is 1. The van der Waals surface area contributed by atoms with E-state index in [0.717, 1.165) is 6.42 Å². The maximum atomic E-state index is 15.0. The van der Waals surface area contributed by atoms with Gasteiger partial charge in [-0.15, -0.1) is 0 Å². The van der Waals surface area contributed by atoms with Gasteiger partial charge in [0.2, 0.25) is 0 Å². The van der Waals surface area contributed by atoms with Crippen molar-refractivity contribution >= 4 is 21.3 Å². The number of fused-ring (bicyclic) bond motifs is 1. The van der Waals surface area contributed by atoms with Crippen molar-refractivity contribution in [1.29, 1.82) is 5.26 Å². The molecule has 4 rings (SSSR count). The van der Waals surface area contributed by atoms with Gasteiger partial charge in [0.05, 0.1) is 27.5 Å². The number of aromatic nitrogens is 2. The molecule has 0 radical (unpaired) electrons. The number of hydrogen-bond acceptors (Lipinski definition) is 8. The van der Waals surface area contributed by atoms with Crippen LogP contribution in [-0.4, -0.2) is 42.8 Å². The van der Waals surface area contributed by atoms with Crippen molar-refractivity contribution in [3.05, 3.63) is 58.4 Å². The Labute approximate surface area is 192 Å². The smallest absolute Gasteiger partial charge is 0.187 e. The van der Waals surface area contributed by atoms with Gasteiger partial charge in [0.15, 0.2) is 5.78 Å². The van der Waals surface area contributed by atoms with Crippen molar-refractivity contribution < 1.29 is 13.4 Å². The lowest BCUT2D eigenvalue weighted by atomic mass is 9.96. The molecule has 0 spiro atoms. The zero-order valence-electron chi connectivity index (χ0n) is 18.8. The van der Waals surface area contributed by atoms with Gasteiger partial charge < -0.3 is 5.73 Å². The number of ketones is 1. The number of amidine groups is 1. The second-order valence-corrected chi connectivity index (χ2v) is 11.7. The van der Waals surface area contributed by atoms with E-state index in [9.17, 15) is 13.4 Å². The maximum Gasteiger partial charge on any atom is 0.187 e. The maximum absolute atomic E-state index is 15.0. The van der Waals surface area contributed by atoms with Gasteiger partial charge in [0, 0.05) is 18.4 Å². The van der Waals surface area contributed by atoms with E-state index in [0.29, 0.717) is 29.8 Å². The van der Waals surface area contributed by atoms with Gasteiger partial charge in [-0.05, 0) is 57.4 Å². The van der Waals surface area contributed by atoms with Gasteiger partial charge in [-0.2, -0.15) is 5.26 Å². The van der Waals surface area contributed by atoms with E-state index < -0.39 is 25.8 Å². The van der Waals surface area contributed by atoms with Crippen LogP contribution >= 0.6 is 0 Å². The Balaban J connectivity index is 1.70. The number of rotatable bonds is 4. The molecule has 172 valence electrons. The molecule has 0 bridgehead atoms. The summed E-state index contributed by atoms with van der Waals surface area (Å²) in [7, 11) is -2.79. The van der Waals surface area contributed by atoms with Crippen LogP contribution in [0.15, 0.2) is 33.8 Å². The van der Waals surface area contributed by atoms with Crippen LogP contribution in [0.5, 0.6) is 0 Å². The molecule has 0 fully saturated rings. The average molecular weight is 469 g/mol. The Hall–Kier alpha value is -3.19. The number of Topliss-reactive ketones (excluding diaryl/α,β-unsaturated/α-hetero) is 1. The minimum Gasteiger partial charge on any atom is -0.386 e. The second kappa shape index (κ2) is 7.99. The third-order valence-corrected chi connectivity index (χ3v) is 9.80. The van der Waals surface area contributed by atoms with E-state index in [1.54, 1.807) is 19.9 Å². The van der Waals surface area contributed by atoms with Crippen LogP contribution in [0.3, 0.4) is 0 Å². The summed E-state index contributed by atoms with van der Waals surface area (Å²) >= 11 is 0. The standard InChI is InChI=1S/C23H25FN6O2S/c1-14-9-15(11-25)12-27-19(14)18(31)10-16-5-6-17(24)20(29-16)22(2)13-33(32)23(3,21(26)30-22)7-4-8-28-33/h5-6,9,12H,4,7-8,10,13H2,1-3H3,(H2,26,30)/t22-,23-,33-/m0/s1. The van der Waals surface area contributed by atoms with E-state index in [2.05, 4.69) is 19.3 Å². The van der Waals surface area contributed by atoms with Gasteiger partial charge in [-0.25, -0.2) is 13.0 Å². The van der Waals surface area contributed by atoms with Crippen molar-refractivity contribution in [3.8, 4) is 6.07 Å². The minimum absolute atomic E-state index is 0.00851. The molecule has 0 unspecified atom stereocenters. The van der Waals surface area contributed by atoms with Crippen LogP contribution in [-0.2, 0) is 21.7 Å². The summed E-state index contributed by atoms with van der Waals surface area (Å²) < 4.78 is 32.3. The Morgan fingerprint density at radius 3 is 2.82 bits per heavy atom. The molecular formula is C23H25FN6O2S. The summed E-state index contributed by atoms with van der Waals surface area (Å²) in [6.07, 6.45) is 2.61. The molecule has 10 heteroatoms. The molecule has 0 aromatic carbocycles. The van der Waals surface area contributed by atoms with E-state index in [1.807, 2.05) is 13.0 Å². The molecule has 2 aromatic rings. The molecule has 0 amide bonds. The quantitative estimate of drug-likeness (QED) is 0.686. The third-order valence-electron chi connectivity index (χ3n) is 6.43. The van der Waals surface area contributed by atoms with E-state index in [1.165, 1.54) is 18.3 Å². The first-order valence-electron chi connectivity index (χ1n) is 10.6. The fourth-order valence-corrected chi connectivity index (χ4v) is 7.40. The second-order valence-electron chi connectivity index (χ2n) is 8.98. The molecule has 8 nitrogen and oxygen atoms in total. The fourth-order valence-electron chi connectivity index (χ4n) is 4.48. The van der Waals surface area contributed by atoms with Gasteiger partial charge in [0.25, 0.3) is 0 Å². The number of hydrogen-bond donors (Lipinski definition) is 1. The summed E-state index contributed by atoms with van der Waals surface area (Å²) in [4.78, 5) is 25.9. The zero-order chi connectivity index (χ0) is 24.0. The molecule has 0 aliphatic carbocycles. The highest BCUT2D eigenvalue weighted by molar-refractivity contribution is 7.95. The zero-order valence-corrected chi connectivity index (χ0v) is 19.6. The number of pyridine rings is 2. The monoisotopic (exact) mass is 468 g/mol. The number of aryl methyl sites for hydroxylation is 1. The summed E-state index contributed by atoms with van der Waals surface area (Å²) in [5, 5.41) is 8.99. The predicted molar refractivity (Wildman–Crippen MR) is 123 cm³/mol. The van der Waals surface area contributed by atoms with E-state index in [4.69, 9.17) is 11.0 Å². The largest absolute Gasteiger partial charge is 0.386 e. The summed E-state index contributed by atoms with van der Waals surface area (Å²) in [6.45, 7) is 5.63. The van der Waals surface area contributed by atoms with E-state index >= 15 is 0 Å². The number of aliphatic imine (C=N–C) groups is 1. The first-order valence-corrected chi connectivity index (χ1v) is 12.3. The number of carbonyl (C=O) groups is 1. The van der Waals surface area contributed by atoms with Gasteiger partial charge in [0.1, 0.15) is 39.4 Å². The average Bonchev–Trinajstić information content (AvgIpc) is 2.76. The molecule has 2 aliphatic heterocycles. The lowest BCUT2D eigenvalue weighted by molar-refractivity contribution is 0.0986. The Bertz CT molecular complexity index is 1360. The van der Waals surface area contributed by atoms with Crippen molar-refractivity contribution in [3.63, 3.8) is 0 Å². The van der Waals surface area contributed by atoms with Crippen LogP contribution in [0.25, 0.3) is 0 Å². The number of nitrogens with zero attached hydrogens (tertiary/aromatic N) is 5. The molecule has 0 saturated carbocycles. The summed E-state index contributed by atoms with van der Waals surface area (Å²) in [6, 6.07) is 6.24. The molecule has 0 saturated heterocycles. The topological polar surface area (TPSA) is 134 Å². The van der Waals surface area contributed by atoms with E-state index in [-0.39, 0.29) is 35.2 Å². The molecule has 33 heavy (non-hydrogen) atoms. The SMILES string of the molecule is Cc1cc(C#N)cnc1C(=O)Cc1ccc(F)c([C@]2(C)C[S@@]3(=O)=NCCC[C@@]3(C)C(N)=N2)n1. The van der Waals surface area contributed by atoms with Crippen LogP contribution in [0.4, 0.5) is 4.39 Å². The lowest BCUT2D eigenvalue weighted by Gasteiger charge is -2.43. The van der Waals surface area contributed by atoms with Gasteiger partial charge in [-0.1, -0.05) is 0 Å². The Morgan fingerprint density at radius 1 is 1.36 bits per heavy atom. The Morgan fingerprint density at radius 2 is 2.12 bits per heavy atom. The highest BCUT2D eigenvalue weighted by atomic mass is 32.2. The molecule has 2 aromatic heterocycles. The van der Waals surface area contributed by atoms with Crippen molar-refractivity contribution in [2.45, 2.75) is 50.3 Å². The van der Waals surface area contributed by atoms with Crippen LogP contribution < -0.4 is 5.73 Å². The highest BCUT2D eigenvalue weighted by Crippen LogP contribution is 2.41. The summed E-state index contributed by atoms with van der Waals surface area (Å²) in [5.41, 5.74) is 6.51. The Kier molecular flexibility index (Phi) is 5.56. The molecule has 3 atom stereocenters.